The number of anilines is 1. The quantitative estimate of drug-likeness (QED) is 0.791. The van der Waals surface area contributed by atoms with E-state index in [0.29, 0.717) is 12.2 Å². The summed E-state index contributed by atoms with van der Waals surface area (Å²) in [7, 11) is 0. The van der Waals surface area contributed by atoms with Crippen LogP contribution in [0, 0.1) is 5.82 Å². The van der Waals surface area contributed by atoms with Gasteiger partial charge in [-0.1, -0.05) is 42.5 Å². The van der Waals surface area contributed by atoms with Crippen molar-refractivity contribution in [1.29, 1.82) is 0 Å². The van der Waals surface area contributed by atoms with Gasteiger partial charge in [0.05, 0.1) is 12.2 Å². The molecule has 0 saturated heterocycles. The molecule has 0 spiro atoms. The second kappa shape index (κ2) is 5.17. The molecule has 0 radical (unpaired) electrons. The summed E-state index contributed by atoms with van der Waals surface area (Å²) in [5, 5.41) is 4.50. The molecule has 1 heterocycles. The molecule has 20 heavy (non-hydrogen) atoms. The Labute approximate surface area is 116 Å². The van der Waals surface area contributed by atoms with Crippen molar-refractivity contribution in [3.63, 3.8) is 0 Å². The van der Waals surface area contributed by atoms with E-state index in [2.05, 4.69) is 5.10 Å². The molecule has 0 aliphatic heterocycles. The molecule has 0 bridgehead atoms. The maximum atomic E-state index is 12.9. The number of benzene rings is 2. The molecule has 2 N–H and O–H groups in total. The van der Waals surface area contributed by atoms with Crippen molar-refractivity contribution in [3.8, 4) is 11.3 Å². The molecule has 0 amide bonds. The SMILES string of the molecule is Nc1cn(Cc2ccc(F)cc2)nc1-c1ccccc1. The van der Waals surface area contributed by atoms with Crippen molar-refractivity contribution >= 4 is 5.69 Å². The second-order valence-corrected chi connectivity index (χ2v) is 4.62. The fraction of sp³-hybridized carbons (Fsp3) is 0.0625. The fourth-order valence-corrected chi connectivity index (χ4v) is 2.12. The van der Waals surface area contributed by atoms with E-state index in [1.165, 1.54) is 12.1 Å². The first-order chi connectivity index (χ1) is 9.72. The summed E-state index contributed by atoms with van der Waals surface area (Å²) in [5.41, 5.74) is 9.39. The summed E-state index contributed by atoms with van der Waals surface area (Å²) in [6.45, 7) is 0.567. The fourth-order valence-electron chi connectivity index (χ4n) is 2.12. The third-order valence-corrected chi connectivity index (χ3v) is 3.10. The van der Waals surface area contributed by atoms with Crippen LogP contribution in [0.3, 0.4) is 0 Å². The first kappa shape index (κ1) is 12.4. The summed E-state index contributed by atoms with van der Waals surface area (Å²) in [6.07, 6.45) is 1.80. The van der Waals surface area contributed by atoms with Crippen molar-refractivity contribution in [1.82, 2.24) is 9.78 Å². The lowest BCUT2D eigenvalue weighted by atomic mass is 10.1. The number of hydrogen-bond donors (Lipinski definition) is 1. The third-order valence-electron chi connectivity index (χ3n) is 3.10. The summed E-state index contributed by atoms with van der Waals surface area (Å²) in [4.78, 5) is 0. The molecule has 0 aliphatic carbocycles. The van der Waals surface area contributed by atoms with Gasteiger partial charge in [0.2, 0.25) is 0 Å². The molecule has 0 aliphatic rings. The molecule has 3 nitrogen and oxygen atoms in total. The molecule has 2 aromatic carbocycles. The Hall–Kier alpha value is -2.62. The van der Waals surface area contributed by atoms with Gasteiger partial charge in [0.1, 0.15) is 11.5 Å². The van der Waals surface area contributed by atoms with Crippen LogP contribution in [0.5, 0.6) is 0 Å². The van der Waals surface area contributed by atoms with E-state index < -0.39 is 0 Å². The van der Waals surface area contributed by atoms with Crippen molar-refractivity contribution in [2.75, 3.05) is 5.73 Å². The Balaban J connectivity index is 1.87. The van der Waals surface area contributed by atoms with E-state index in [1.807, 2.05) is 30.3 Å². The highest BCUT2D eigenvalue weighted by Crippen LogP contribution is 2.23. The van der Waals surface area contributed by atoms with E-state index in [1.54, 1.807) is 23.0 Å². The molecule has 0 saturated carbocycles. The minimum atomic E-state index is -0.237. The Bertz CT molecular complexity index is 702. The van der Waals surface area contributed by atoms with Crippen LogP contribution in [0.25, 0.3) is 11.3 Å². The van der Waals surface area contributed by atoms with Crippen LogP contribution >= 0.6 is 0 Å². The largest absolute Gasteiger partial charge is 0.396 e. The van der Waals surface area contributed by atoms with Crippen LogP contribution in [0.4, 0.5) is 10.1 Å². The molecule has 0 unspecified atom stereocenters. The van der Waals surface area contributed by atoms with E-state index in [9.17, 15) is 4.39 Å². The van der Waals surface area contributed by atoms with Gasteiger partial charge in [-0.2, -0.15) is 5.10 Å². The zero-order valence-corrected chi connectivity index (χ0v) is 10.8. The number of nitrogen functional groups attached to an aromatic ring is 1. The molecular formula is C16H14FN3. The highest BCUT2D eigenvalue weighted by molar-refractivity contribution is 5.71. The predicted octanol–water partition coefficient (Wildman–Crippen LogP) is 3.32. The average Bonchev–Trinajstić information content (AvgIpc) is 2.83. The van der Waals surface area contributed by atoms with Crippen LogP contribution in [0.15, 0.2) is 60.8 Å². The summed E-state index contributed by atoms with van der Waals surface area (Å²) in [6, 6.07) is 16.2. The van der Waals surface area contributed by atoms with Crippen molar-refractivity contribution < 1.29 is 4.39 Å². The second-order valence-electron chi connectivity index (χ2n) is 4.62. The highest BCUT2D eigenvalue weighted by Gasteiger charge is 2.08. The van der Waals surface area contributed by atoms with E-state index in [4.69, 9.17) is 5.73 Å². The lowest BCUT2D eigenvalue weighted by Gasteiger charge is -2.01. The molecule has 1 aromatic heterocycles. The lowest BCUT2D eigenvalue weighted by Crippen LogP contribution is -2.00. The minimum Gasteiger partial charge on any atom is -0.396 e. The van der Waals surface area contributed by atoms with Gasteiger partial charge >= 0.3 is 0 Å². The van der Waals surface area contributed by atoms with Gasteiger partial charge in [0.25, 0.3) is 0 Å². The van der Waals surface area contributed by atoms with Gasteiger partial charge < -0.3 is 5.73 Å². The zero-order chi connectivity index (χ0) is 13.9. The molecule has 0 atom stereocenters. The van der Waals surface area contributed by atoms with Gasteiger partial charge in [-0.05, 0) is 17.7 Å². The topological polar surface area (TPSA) is 43.8 Å². The van der Waals surface area contributed by atoms with Gasteiger partial charge in [-0.25, -0.2) is 4.39 Å². The van der Waals surface area contributed by atoms with E-state index in [-0.39, 0.29) is 5.82 Å². The number of hydrogen-bond acceptors (Lipinski definition) is 2. The Kier molecular flexibility index (Phi) is 3.21. The average molecular weight is 267 g/mol. The lowest BCUT2D eigenvalue weighted by molar-refractivity contribution is 0.624. The molecular weight excluding hydrogens is 253 g/mol. The van der Waals surface area contributed by atoms with Gasteiger partial charge in [0.15, 0.2) is 0 Å². The van der Waals surface area contributed by atoms with Gasteiger partial charge in [-0.3, -0.25) is 4.68 Å². The maximum Gasteiger partial charge on any atom is 0.123 e. The Morgan fingerprint density at radius 3 is 2.40 bits per heavy atom. The third kappa shape index (κ3) is 2.54. The number of halogens is 1. The number of nitrogens with two attached hydrogens (primary N) is 1. The van der Waals surface area contributed by atoms with E-state index in [0.717, 1.165) is 16.8 Å². The van der Waals surface area contributed by atoms with Crippen LogP contribution in [0.2, 0.25) is 0 Å². The van der Waals surface area contributed by atoms with E-state index >= 15 is 0 Å². The van der Waals surface area contributed by atoms with Crippen LogP contribution in [0.1, 0.15) is 5.56 Å². The van der Waals surface area contributed by atoms with Crippen molar-refractivity contribution in [2.24, 2.45) is 0 Å². The molecule has 0 fully saturated rings. The normalized spacial score (nSPS) is 10.7. The summed E-state index contributed by atoms with van der Waals surface area (Å²) < 4.78 is 14.6. The Morgan fingerprint density at radius 1 is 1.00 bits per heavy atom. The first-order valence-electron chi connectivity index (χ1n) is 6.35. The molecule has 4 heteroatoms. The van der Waals surface area contributed by atoms with Crippen LogP contribution in [-0.4, -0.2) is 9.78 Å². The number of nitrogens with zero attached hydrogens (tertiary/aromatic N) is 2. The predicted molar refractivity (Wildman–Crippen MR) is 77.6 cm³/mol. The summed E-state index contributed by atoms with van der Waals surface area (Å²) in [5.74, 6) is -0.237. The smallest absolute Gasteiger partial charge is 0.123 e. The molecule has 100 valence electrons. The van der Waals surface area contributed by atoms with Crippen LogP contribution < -0.4 is 5.73 Å². The molecule has 3 rings (SSSR count). The van der Waals surface area contributed by atoms with Gasteiger partial charge in [0, 0.05) is 11.8 Å². The monoisotopic (exact) mass is 267 g/mol. The zero-order valence-electron chi connectivity index (χ0n) is 10.8. The Morgan fingerprint density at radius 2 is 1.70 bits per heavy atom. The maximum absolute atomic E-state index is 12.9. The summed E-state index contributed by atoms with van der Waals surface area (Å²) >= 11 is 0. The van der Waals surface area contributed by atoms with Crippen molar-refractivity contribution in [3.05, 3.63) is 72.2 Å². The highest BCUT2D eigenvalue weighted by atomic mass is 19.1. The first-order valence-corrected chi connectivity index (χ1v) is 6.35. The minimum absolute atomic E-state index is 0.237. The van der Waals surface area contributed by atoms with Gasteiger partial charge in [-0.15, -0.1) is 0 Å². The molecule has 3 aromatic rings. The van der Waals surface area contributed by atoms with Crippen molar-refractivity contribution in [2.45, 2.75) is 6.54 Å². The standard InChI is InChI=1S/C16H14FN3/c17-14-8-6-12(7-9-14)10-20-11-15(18)16(19-20)13-4-2-1-3-5-13/h1-9,11H,10,18H2. The van der Waals surface area contributed by atoms with Crippen LogP contribution in [-0.2, 0) is 6.54 Å². The number of rotatable bonds is 3. The number of aromatic nitrogens is 2.